The van der Waals surface area contributed by atoms with E-state index >= 15 is 8.78 Å². The van der Waals surface area contributed by atoms with Crippen molar-refractivity contribution >= 4 is 64.5 Å². The summed E-state index contributed by atoms with van der Waals surface area (Å²) in [5.74, 6) is -3.64. The molecule has 19 heteroatoms. The van der Waals surface area contributed by atoms with Crippen molar-refractivity contribution in [3.8, 4) is 0 Å². The van der Waals surface area contributed by atoms with Crippen molar-refractivity contribution in [1.29, 1.82) is 0 Å². The molecule has 1 aliphatic rings. The number of benzene rings is 2. The standard InChI is InChI=1S/C40H57F2N13O4/c1-2-24-13-18-49-34(38(59)55-33-22-26(42)20-31(28(33)10-8-15-44)53-36(57)12-4-6-17-51-40(47)48)23-29(24)37(58)54-32-21-25(41)19-30(27(32)9-7-14-43)52-35(56)11-3-5-16-50-39(45)46/h18-23H,2-17,43-44H2,1H3,(H,52,56)(H,53,57)(H,54,58)(H,55,59)(H4,45,46,50)(H4,47,48,51). The van der Waals surface area contributed by atoms with Gasteiger partial charge in [0.25, 0.3) is 11.8 Å². The molecular weight excluding hydrogens is 765 g/mol. The number of rotatable bonds is 23. The van der Waals surface area contributed by atoms with E-state index in [4.69, 9.17) is 34.4 Å². The average Bonchev–Trinajstić information content (AvgIpc) is 3.40. The summed E-state index contributed by atoms with van der Waals surface area (Å²) in [4.78, 5) is 65.7. The Bertz CT molecular complexity index is 1970. The molecule has 1 aliphatic heterocycles. The monoisotopic (exact) mass is 821 g/mol. The van der Waals surface area contributed by atoms with Crippen LogP contribution in [0.4, 0.5) is 31.5 Å². The maximum Gasteiger partial charge on any atom is 0.274 e. The van der Waals surface area contributed by atoms with Crippen LogP contribution in [0.3, 0.4) is 0 Å². The number of carbonyl (C=O) groups excluding carboxylic acids is 4. The van der Waals surface area contributed by atoms with Crippen molar-refractivity contribution < 1.29 is 28.0 Å². The lowest BCUT2D eigenvalue weighted by atomic mass is 10.00. The summed E-state index contributed by atoms with van der Waals surface area (Å²) in [6, 6.07) is 4.64. The second-order valence-electron chi connectivity index (χ2n) is 13.7. The third-order valence-corrected chi connectivity index (χ3v) is 9.08. The zero-order valence-electron chi connectivity index (χ0n) is 33.5. The van der Waals surface area contributed by atoms with E-state index in [0.717, 1.165) is 12.1 Å². The molecule has 16 N–H and O–H groups in total. The maximum absolute atomic E-state index is 15.1. The third-order valence-electron chi connectivity index (χ3n) is 9.08. The molecule has 2 aromatic carbocycles. The van der Waals surface area contributed by atoms with Gasteiger partial charge < -0.3 is 55.7 Å². The van der Waals surface area contributed by atoms with Crippen LogP contribution in [0.2, 0.25) is 0 Å². The number of nitrogens with two attached hydrogens (primary N) is 6. The Morgan fingerprint density at radius 1 is 0.661 bits per heavy atom. The van der Waals surface area contributed by atoms with Crippen LogP contribution in [0.25, 0.3) is 0 Å². The first-order valence-electron chi connectivity index (χ1n) is 19.6. The number of nitrogens with zero attached hydrogens (tertiary/aromatic N) is 3. The molecule has 0 spiro atoms. The van der Waals surface area contributed by atoms with Gasteiger partial charge in [0, 0.05) is 66.9 Å². The molecule has 0 saturated carbocycles. The number of anilines is 4. The van der Waals surface area contributed by atoms with Crippen LogP contribution in [0.15, 0.2) is 62.2 Å². The van der Waals surface area contributed by atoms with Crippen molar-refractivity contribution in [2.45, 2.75) is 84.0 Å². The Kier molecular flexibility index (Phi) is 19.6. The van der Waals surface area contributed by atoms with Crippen molar-refractivity contribution in [1.82, 2.24) is 0 Å². The second-order valence-corrected chi connectivity index (χ2v) is 13.7. The van der Waals surface area contributed by atoms with Gasteiger partial charge in [-0.25, -0.2) is 8.78 Å². The fraction of sp³-hybridized carbons (Fsp3) is 0.425. The van der Waals surface area contributed by atoms with Crippen LogP contribution < -0.4 is 55.7 Å². The Morgan fingerprint density at radius 2 is 1.10 bits per heavy atom. The SMILES string of the molecule is CCC1=C(C(=O)Nc2cc(F)cc(NC(=O)CCCCN=C(N)N)c2CCCN)C=C(C(=O)Nc2cc(F)cc(NC(=O)CCCCN=C(N)N)c2CCCN)N=CC1. The van der Waals surface area contributed by atoms with E-state index in [2.05, 4.69) is 36.2 Å². The lowest BCUT2D eigenvalue weighted by molar-refractivity contribution is -0.117. The third kappa shape index (κ3) is 15.9. The fourth-order valence-electron chi connectivity index (χ4n) is 6.15. The predicted octanol–water partition coefficient (Wildman–Crippen LogP) is 3.15. The van der Waals surface area contributed by atoms with Crippen molar-refractivity contribution in [3.05, 3.63) is 69.9 Å². The highest BCUT2D eigenvalue weighted by Gasteiger charge is 2.23. The molecule has 0 unspecified atom stereocenters. The zero-order valence-corrected chi connectivity index (χ0v) is 33.5. The summed E-state index contributed by atoms with van der Waals surface area (Å²) in [7, 11) is 0. The van der Waals surface area contributed by atoms with E-state index in [1.54, 1.807) is 0 Å². The highest BCUT2D eigenvalue weighted by molar-refractivity contribution is 6.12. The van der Waals surface area contributed by atoms with Gasteiger partial charge in [0.1, 0.15) is 17.3 Å². The van der Waals surface area contributed by atoms with E-state index in [9.17, 15) is 19.2 Å². The van der Waals surface area contributed by atoms with Crippen LogP contribution in [-0.4, -0.2) is 67.9 Å². The quantitative estimate of drug-likeness (QED) is 0.0444. The number of nitrogens with one attached hydrogen (secondary N) is 4. The normalized spacial score (nSPS) is 12.3. The topological polar surface area (TPSA) is 310 Å². The van der Waals surface area contributed by atoms with E-state index in [0.29, 0.717) is 94.1 Å². The van der Waals surface area contributed by atoms with Gasteiger partial charge in [-0.05, 0) is 112 Å². The molecule has 0 radical (unpaired) electrons. The van der Waals surface area contributed by atoms with Gasteiger partial charge in [-0.3, -0.25) is 34.2 Å². The zero-order chi connectivity index (χ0) is 43.3. The summed E-state index contributed by atoms with van der Waals surface area (Å²) in [5, 5.41) is 11.0. The number of unbranched alkanes of at least 4 members (excludes halogenated alkanes) is 2. The molecule has 3 rings (SSSR count). The Hall–Kier alpha value is -6.21. The van der Waals surface area contributed by atoms with Gasteiger partial charge in [0.15, 0.2) is 11.9 Å². The minimum atomic E-state index is -0.752. The molecule has 320 valence electrons. The maximum atomic E-state index is 15.1. The van der Waals surface area contributed by atoms with Gasteiger partial charge >= 0.3 is 0 Å². The molecule has 1 heterocycles. The smallest absolute Gasteiger partial charge is 0.274 e. The molecule has 0 aromatic heterocycles. The minimum Gasteiger partial charge on any atom is -0.370 e. The molecule has 0 bridgehead atoms. The van der Waals surface area contributed by atoms with Crippen LogP contribution in [0, 0.1) is 11.6 Å². The number of aliphatic imine (C=N–C) groups is 3. The van der Waals surface area contributed by atoms with E-state index in [-0.39, 0.29) is 83.6 Å². The summed E-state index contributed by atoms with van der Waals surface area (Å²) in [6.45, 7) is 3.14. The molecule has 0 fully saturated rings. The number of amides is 4. The molecule has 0 aliphatic carbocycles. The molecular formula is C40H57F2N13O4. The van der Waals surface area contributed by atoms with E-state index in [1.807, 2.05) is 6.92 Å². The number of guanidine groups is 2. The van der Waals surface area contributed by atoms with Crippen molar-refractivity contribution in [2.75, 3.05) is 47.4 Å². The number of carbonyl (C=O) groups is 4. The average molecular weight is 822 g/mol. The number of allylic oxidation sites excluding steroid dienone is 1. The lowest BCUT2D eigenvalue weighted by Crippen LogP contribution is -2.23. The van der Waals surface area contributed by atoms with E-state index < -0.39 is 23.4 Å². The Morgan fingerprint density at radius 3 is 1.53 bits per heavy atom. The van der Waals surface area contributed by atoms with E-state index in [1.165, 1.54) is 24.4 Å². The largest absolute Gasteiger partial charge is 0.370 e. The predicted molar refractivity (Wildman–Crippen MR) is 230 cm³/mol. The van der Waals surface area contributed by atoms with Crippen molar-refractivity contribution in [2.24, 2.45) is 49.4 Å². The van der Waals surface area contributed by atoms with Gasteiger partial charge in [-0.15, -0.1) is 0 Å². The summed E-state index contributed by atoms with van der Waals surface area (Å²) in [5.41, 5.74) is 35.1. The fourth-order valence-corrected chi connectivity index (χ4v) is 6.15. The van der Waals surface area contributed by atoms with Gasteiger partial charge in [0.2, 0.25) is 11.8 Å². The molecule has 0 saturated heterocycles. The minimum absolute atomic E-state index is 0.0411. The highest BCUT2D eigenvalue weighted by Crippen LogP contribution is 2.32. The number of hydrogen-bond acceptors (Lipinski definition) is 9. The first-order chi connectivity index (χ1) is 28.3. The van der Waals surface area contributed by atoms with Crippen molar-refractivity contribution in [3.63, 3.8) is 0 Å². The van der Waals surface area contributed by atoms with Gasteiger partial charge in [-0.1, -0.05) is 12.5 Å². The summed E-state index contributed by atoms with van der Waals surface area (Å²) >= 11 is 0. The summed E-state index contributed by atoms with van der Waals surface area (Å²) < 4.78 is 30.1. The number of halogens is 2. The first kappa shape index (κ1) is 47.2. The Balaban J connectivity index is 1.89. The Labute approximate surface area is 342 Å². The molecule has 59 heavy (non-hydrogen) atoms. The van der Waals surface area contributed by atoms with Gasteiger partial charge in [-0.2, -0.15) is 0 Å². The number of hydrogen-bond donors (Lipinski definition) is 10. The first-order valence-corrected chi connectivity index (χ1v) is 19.6. The van der Waals surface area contributed by atoms with Crippen LogP contribution >= 0.6 is 0 Å². The molecule has 0 atom stereocenters. The van der Waals surface area contributed by atoms with Crippen LogP contribution in [-0.2, 0) is 32.0 Å². The molecule has 17 nitrogen and oxygen atoms in total. The van der Waals surface area contributed by atoms with Gasteiger partial charge in [0.05, 0.1) is 0 Å². The van der Waals surface area contributed by atoms with Crippen LogP contribution in [0.5, 0.6) is 0 Å². The summed E-state index contributed by atoms with van der Waals surface area (Å²) in [6.07, 6.45) is 7.30. The molecule has 4 amide bonds. The molecule has 2 aromatic rings. The highest BCUT2D eigenvalue weighted by atomic mass is 19.1. The lowest BCUT2D eigenvalue weighted by Gasteiger charge is -2.18. The second kappa shape index (κ2) is 24.5. The van der Waals surface area contributed by atoms with Crippen LogP contribution in [0.1, 0.15) is 82.3 Å².